The molecule has 1 fully saturated rings. The van der Waals surface area contributed by atoms with Crippen molar-refractivity contribution in [2.75, 3.05) is 18.5 Å². The smallest absolute Gasteiger partial charge is 0.155 e. The summed E-state index contributed by atoms with van der Waals surface area (Å²) in [5.41, 5.74) is 8.96. The van der Waals surface area contributed by atoms with Crippen LogP contribution in [-0.4, -0.2) is 35.0 Å². The van der Waals surface area contributed by atoms with Crippen LogP contribution in [0.5, 0.6) is 0 Å². The van der Waals surface area contributed by atoms with E-state index < -0.39 is 0 Å². The second-order valence-electron chi connectivity index (χ2n) is 5.29. The zero-order valence-electron chi connectivity index (χ0n) is 11.3. The van der Waals surface area contributed by atoms with Crippen molar-refractivity contribution in [1.82, 2.24) is 10.2 Å². The van der Waals surface area contributed by atoms with Gasteiger partial charge in [-0.15, -0.1) is 5.10 Å². The highest BCUT2D eigenvalue weighted by Crippen LogP contribution is 2.29. The van der Waals surface area contributed by atoms with Gasteiger partial charge in [-0.05, 0) is 38.2 Å². The largest absolute Gasteiger partial charge is 0.393 e. The van der Waals surface area contributed by atoms with Crippen LogP contribution in [-0.2, 0) is 6.54 Å². The third-order valence-electron chi connectivity index (χ3n) is 3.87. The van der Waals surface area contributed by atoms with E-state index in [0.29, 0.717) is 12.5 Å². The van der Waals surface area contributed by atoms with Crippen molar-refractivity contribution in [3.8, 4) is 0 Å². The normalized spacial score (nSPS) is 22.7. The Labute approximate surface area is 108 Å². The first-order valence-electron chi connectivity index (χ1n) is 6.45. The average molecular weight is 250 g/mol. The Hall–Kier alpha value is -1.20. The number of aliphatic hydroxyl groups is 1. The maximum Gasteiger partial charge on any atom is 0.155 e. The van der Waals surface area contributed by atoms with Crippen LogP contribution < -0.4 is 10.6 Å². The van der Waals surface area contributed by atoms with Crippen molar-refractivity contribution in [2.45, 2.75) is 39.3 Å². The molecule has 0 aliphatic heterocycles. The zero-order valence-corrected chi connectivity index (χ0v) is 11.3. The lowest BCUT2D eigenvalue weighted by Crippen LogP contribution is -2.38. The van der Waals surface area contributed by atoms with Crippen molar-refractivity contribution in [2.24, 2.45) is 11.7 Å². The Morgan fingerprint density at radius 2 is 2.00 bits per heavy atom. The molecule has 5 heteroatoms. The zero-order chi connectivity index (χ0) is 13.3. The number of nitrogens with two attached hydrogens (primary N) is 1. The third kappa shape index (κ3) is 2.47. The van der Waals surface area contributed by atoms with Gasteiger partial charge in [0.1, 0.15) is 0 Å². The summed E-state index contributed by atoms with van der Waals surface area (Å²) in [6.07, 6.45) is 1.67. The van der Waals surface area contributed by atoms with Crippen molar-refractivity contribution < 1.29 is 5.11 Å². The van der Waals surface area contributed by atoms with E-state index >= 15 is 0 Å². The van der Waals surface area contributed by atoms with Gasteiger partial charge in [-0.25, -0.2) is 0 Å². The van der Waals surface area contributed by atoms with E-state index in [2.05, 4.69) is 15.1 Å². The molecule has 1 heterocycles. The Morgan fingerprint density at radius 1 is 1.33 bits per heavy atom. The van der Waals surface area contributed by atoms with E-state index in [9.17, 15) is 5.11 Å². The lowest BCUT2D eigenvalue weighted by Gasteiger charge is -2.35. The fourth-order valence-corrected chi connectivity index (χ4v) is 2.52. The average Bonchev–Trinajstić information content (AvgIpc) is 2.30. The molecule has 1 aromatic heterocycles. The van der Waals surface area contributed by atoms with Crippen LogP contribution in [0.15, 0.2) is 0 Å². The molecule has 0 atom stereocenters. The van der Waals surface area contributed by atoms with Gasteiger partial charge in [0.2, 0.25) is 0 Å². The molecular formula is C13H22N4O. The molecule has 100 valence electrons. The molecule has 0 aromatic carbocycles. The van der Waals surface area contributed by atoms with Crippen molar-refractivity contribution >= 4 is 5.82 Å². The highest BCUT2D eigenvalue weighted by molar-refractivity contribution is 5.50. The molecule has 1 aromatic rings. The van der Waals surface area contributed by atoms with Gasteiger partial charge < -0.3 is 15.7 Å². The number of aliphatic hydroxyl groups excluding tert-OH is 1. The number of aryl methyl sites for hydroxylation is 1. The van der Waals surface area contributed by atoms with E-state index in [1.165, 1.54) is 0 Å². The second kappa shape index (κ2) is 5.20. The molecule has 0 amide bonds. The number of anilines is 1. The molecule has 1 aliphatic rings. The highest BCUT2D eigenvalue weighted by Gasteiger charge is 2.28. The van der Waals surface area contributed by atoms with Gasteiger partial charge in [-0.1, -0.05) is 0 Å². The van der Waals surface area contributed by atoms with E-state index in [0.717, 1.165) is 42.0 Å². The summed E-state index contributed by atoms with van der Waals surface area (Å²) in [7, 11) is 2.02. The number of aromatic nitrogens is 2. The predicted molar refractivity (Wildman–Crippen MR) is 71.4 cm³/mol. The lowest BCUT2D eigenvalue weighted by molar-refractivity contribution is 0.0464. The summed E-state index contributed by atoms with van der Waals surface area (Å²) in [4.78, 5) is 2.11. The van der Waals surface area contributed by atoms with Gasteiger partial charge in [-0.3, -0.25) is 0 Å². The molecule has 5 nitrogen and oxygen atoms in total. The monoisotopic (exact) mass is 250 g/mol. The standard InChI is InChI=1S/C13H22N4O/c1-8-9(2)15-16-13(12(8)6-14)17(3)7-10-4-11(18)5-10/h10-11,18H,4-7,14H2,1-3H3. The minimum atomic E-state index is -0.108. The molecule has 0 radical (unpaired) electrons. The number of rotatable bonds is 4. The van der Waals surface area contributed by atoms with Gasteiger partial charge in [-0.2, -0.15) is 5.10 Å². The third-order valence-corrected chi connectivity index (χ3v) is 3.87. The Morgan fingerprint density at radius 3 is 2.56 bits per heavy atom. The molecule has 2 rings (SSSR count). The summed E-state index contributed by atoms with van der Waals surface area (Å²) in [6, 6.07) is 0. The highest BCUT2D eigenvalue weighted by atomic mass is 16.3. The van der Waals surface area contributed by atoms with E-state index in [1.54, 1.807) is 0 Å². The lowest BCUT2D eigenvalue weighted by atomic mass is 9.82. The van der Waals surface area contributed by atoms with Crippen LogP contribution in [0.1, 0.15) is 29.7 Å². The fourth-order valence-electron chi connectivity index (χ4n) is 2.52. The Kier molecular flexibility index (Phi) is 3.82. The Bertz CT molecular complexity index is 429. The van der Waals surface area contributed by atoms with Crippen LogP contribution >= 0.6 is 0 Å². The molecule has 0 bridgehead atoms. The van der Waals surface area contributed by atoms with Gasteiger partial charge in [0, 0.05) is 25.7 Å². The molecule has 1 aliphatic carbocycles. The molecule has 0 unspecified atom stereocenters. The maximum absolute atomic E-state index is 9.32. The number of nitrogens with zero attached hydrogens (tertiary/aromatic N) is 3. The summed E-state index contributed by atoms with van der Waals surface area (Å²) in [6.45, 7) is 5.38. The first-order valence-corrected chi connectivity index (χ1v) is 6.45. The summed E-state index contributed by atoms with van der Waals surface area (Å²) < 4.78 is 0. The van der Waals surface area contributed by atoms with Crippen LogP contribution in [0.4, 0.5) is 5.82 Å². The van der Waals surface area contributed by atoms with E-state index in [1.807, 2.05) is 20.9 Å². The molecular weight excluding hydrogens is 228 g/mol. The van der Waals surface area contributed by atoms with Crippen molar-refractivity contribution in [3.63, 3.8) is 0 Å². The summed E-state index contributed by atoms with van der Waals surface area (Å²) >= 11 is 0. The van der Waals surface area contributed by atoms with Crippen molar-refractivity contribution in [3.05, 3.63) is 16.8 Å². The summed E-state index contributed by atoms with van der Waals surface area (Å²) in [5, 5.41) is 17.8. The van der Waals surface area contributed by atoms with Gasteiger partial charge in [0.05, 0.1) is 11.8 Å². The van der Waals surface area contributed by atoms with Crippen LogP contribution in [0, 0.1) is 19.8 Å². The maximum atomic E-state index is 9.32. The van der Waals surface area contributed by atoms with Crippen LogP contribution in [0.3, 0.4) is 0 Å². The quantitative estimate of drug-likeness (QED) is 0.825. The number of hydrogen-bond donors (Lipinski definition) is 2. The topological polar surface area (TPSA) is 75.3 Å². The molecule has 18 heavy (non-hydrogen) atoms. The predicted octanol–water partition coefficient (Wildman–Crippen LogP) is 0.759. The van der Waals surface area contributed by atoms with Gasteiger partial charge >= 0.3 is 0 Å². The van der Waals surface area contributed by atoms with E-state index in [-0.39, 0.29) is 6.10 Å². The molecule has 1 saturated carbocycles. The first kappa shape index (κ1) is 13.2. The van der Waals surface area contributed by atoms with Crippen molar-refractivity contribution in [1.29, 1.82) is 0 Å². The minimum Gasteiger partial charge on any atom is -0.393 e. The second-order valence-corrected chi connectivity index (χ2v) is 5.29. The van der Waals surface area contributed by atoms with Crippen LogP contribution in [0.25, 0.3) is 0 Å². The Balaban J connectivity index is 2.14. The van der Waals surface area contributed by atoms with Gasteiger partial charge in [0.15, 0.2) is 5.82 Å². The van der Waals surface area contributed by atoms with Gasteiger partial charge in [0.25, 0.3) is 0 Å². The number of hydrogen-bond acceptors (Lipinski definition) is 5. The van der Waals surface area contributed by atoms with Crippen LogP contribution in [0.2, 0.25) is 0 Å². The molecule has 3 N–H and O–H groups in total. The SMILES string of the molecule is Cc1nnc(N(C)CC2CC(O)C2)c(CN)c1C. The molecule has 0 saturated heterocycles. The first-order chi connectivity index (χ1) is 8.52. The van der Waals surface area contributed by atoms with E-state index in [4.69, 9.17) is 5.73 Å². The minimum absolute atomic E-state index is 0.108. The molecule has 0 spiro atoms. The fraction of sp³-hybridized carbons (Fsp3) is 0.692. The summed E-state index contributed by atoms with van der Waals surface area (Å²) in [5.74, 6) is 1.43.